The molecule has 1 aromatic rings. The maximum Gasteiger partial charge on any atom is 0.109 e. The Balaban J connectivity index is 2.83. The lowest BCUT2D eigenvalue weighted by molar-refractivity contribution is 1.03. The minimum atomic E-state index is 0.984. The van der Waals surface area contributed by atoms with Gasteiger partial charge in [0.05, 0.1) is 0 Å². The summed E-state index contributed by atoms with van der Waals surface area (Å²) >= 11 is 0. The van der Waals surface area contributed by atoms with Crippen molar-refractivity contribution in [1.82, 2.24) is 9.55 Å². The maximum atomic E-state index is 4.05. The Morgan fingerprint density at radius 2 is 2.50 bits per heavy atom. The first kappa shape index (κ1) is 6.81. The molecule has 0 amide bonds. The van der Waals surface area contributed by atoms with Crippen LogP contribution in [0, 0.1) is 6.92 Å². The lowest BCUT2D eigenvalue weighted by Crippen LogP contribution is -1.86. The molecule has 0 aliphatic carbocycles. The first-order valence-corrected chi connectivity index (χ1v) is 3.13. The van der Waals surface area contributed by atoms with Crippen LogP contribution in [-0.4, -0.2) is 9.55 Å². The molecule has 0 aromatic carbocycles. The number of rotatable bonds is 2. The molecule has 10 heavy (non-hydrogen) atoms. The van der Waals surface area contributed by atoms with Crippen molar-refractivity contribution in [3.8, 4) is 0 Å². The third-order valence-electron chi connectivity index (χ3n) is 1.25. The second-order valence-electron chi connectivity index (χ2n) is 1.96. The molecule has 0 atom stereocenters. The van der Waals surface area contributed by atoms with Gasteiger partial charge in [0, 0.05) is 18.6 Å². The lowest BCUT2D eigenvalue weighted by Gasteiger charge is -1.92. The highest BCUT2D eigenvalue weighted by Crippen LogP contribution is 1.94. The molecule has 52 valence electrons. The highest BCUT2D eigenvalue weighted by Gasteiger charge is 1.87. The molecule has 0 saturated heterocycles. The molecule has 0 radical (unpaired) electrons. The first-order valence-electron chi connectivity index (χ1n) is 3.13. The number of hydrogen-bond acceptors (Lipinski definition) is 1. The van der Waals surface area contributed by atoms with Crippen molar-refractivity contribution in [2.75, 3.05) is 0 Å². The fraction of sp³-hybridized carbons (Fsp3) is 0.125. The Hall–Kier alpha value is -1.31. The van der Waals surface area contributed by atoms with Gasteiger partial charge in [-0.25, -0.2) is 4.98 Å². The number of aryl methyl sites for hydroxylation is 1. The monoisotopic (exact) mass is 134 g/mol. The van der Waals surface area contributed by atoms with Gasteiger partial charge < -0.3 is 4.57 Å². The summed E-state index contributed by atoms with van der Waals surface area (Å²) in [6.45, 7) is 5.52. The van der Waals surface area contributed by atoms with Crippen LogP contribution in [0.25, 0.3) is 6.20 Å². The molecule has 0 aliphatic rings. The van der Waals surface area contributed by atoms with Crippen LogP contribution >= 0.6 is 0 Å². The normalized spacial score (nSPS) is 10.5. The molecule has 0 saturated carbocycles. The fourth-order valence-electron chi connectivity index (χ4n) is 0.699. The number of nitrogens with zero attached hydrogens (tertiary/aromatic N) is 2. The van der Waals surface area contributed by atoms with E-state index >= 15 is 0 Å². The van der Waals surface area contributed by atoms with Crippen LogP contribution in [0.3, 0.4) is 0 Å². The highest BCUT2D eigenvalue weighted by molar-refractivity contribution is 5.28. The van der Waals surface area contributed by atoms with Crippen LogP contribution < -0.4 is 0 Å². The summed E-state index contributed by atoms with van der Waals surface area (Å²) in [6.07, 6.45) is 9.18. The summed E-state index contributed by atoms with van der Waals surface area (Å²) in [7, 11) is 0. The van der Waals surface area contributed by atoms with Crippen LogP contribution in [0.5, 0.6) is 0 Å². The van der Waals surface area contributed by atoms with Crippen molar-refractivity contribution in [2.45, 2.75) is 6.92 Å². The Bertz CT molecular complexity index is 246. The molecule has 0 spiro atoms. The standard InChI is InChI=1S/C8H10N2/c1-3-4-6-10-7-5-9-8(10)2/h3-7H,1H2,2H3/b6-4-. The van der Waals surface area contributed by atoms with Crippen LogP contribution in [0.4, 0.5) is 0 Å². The van der Waals surface area contributed by atoms with Gasteiger partial charge in [0.25, 0.3) is 0 Å². The van der Waals surface area contributed by atoms with Gasteiger partial charge in [-0.2, -0.15) is 0 Å². The summed E-state index contributed by atoms with van der Waals surface area (Å²) < 4.78 is 1.93. The van der Waals surface area contributed by atoms with Gasteiger partial charge >= 0.3 is 0 Å². The van der Waals surface area contributed by atoms with E-state index in [0.717, 1.165) is 5.82 Å². The minimum absolute atomic E-state index is 0.984. The molecule has 2 heteroatoms. The maximum absolute atomic E-state index is 4.05. The predicted octanol–water partition coefficient (Wildman–Crippen LogP) is 1.85. The quantitative estimate of drug-likeness (QED) is 0.564. The second-order valence-corrected chi connectivity index (χ2v) is 1.96. The van der Waals surface area contributed by atoms with Crippen molar-refractivity contribution >= 4 is 6.20 Å². The minimum Gasteiger partial charge on any atom is -0.311 e. The van der Waals surface area contributed by atoms with Gasteiger partial charge in [-0.05, 0) is 13.0 Å². The molecule has 0 N–H and O–H groups in total. The molecule has 0 bridgehead atoms. The van der Waals surface area contributed by atoms with Crippen LogP contribution in [0.2, 0.25) is 0 Å². The highest BCUT2D eigenvalue weighted by atomic mass is 15.0. The van der Waals surface area contributed by atoms with Gasteiger partial charge in [-0.15, -0.1) is 0 Å². The Morgan fingerprint density at radius 1 is 1.70 bits per heavy atom. The van der Waals surface area contributed by atoms with Crippen molar-refractivity contribution in [3.05, 3.63) is 36.9 Å². The zero-order valence-corrected chi connectivity index (χ0v) is 5.99. The summed E-state index contributed by atoms with van der Waals surface area (Å²) in [5, 5.41) is 0. The van der Waals surface area contributed by atoms with E-state index < -0.39 is 0 Å². The summed E-state index contributed by atoms with van der Waals surface area (Å²) in [5.74, 6) is 0.984. The molecule has 2 nitrogen and oxygen atoms in total. The molecule has 1 aromatic heterocycles. The summed E-state index contributed by atoms with van der Waals surface area (Å²) in [6, 6.07) is 0. The largest absolute Gasteiger partial charge is 0.311 e. The van der Waals surface area contributed by atoms with E-state index in [1.54, 1.807) is 12.3 Å². The first-order chi connectivity index (χ1) is 4.84. The average Bonchev–Trinajstić information content (AvgIpc) is 2.31. The van der Waals surface area contributed by atoms with E-state index in [0.29, 0.717) is 0 Å². The number of allylic oxidation sites excluding steroid dienone is 2. The number of imidazole rings is 1. The number of aromatic nitrogens is 2. The Labute approximate surface area is 60.5 Å². The van der Waals surface area contributed by atoms with E-state index in [1.807, 2.05) is 30.0 Å². The SMILES string of the molecule is C=C/C=C\n1ccnc1C. The lowest BCUT2D eigenvalue weighted by atomic mass is 10.6. The molecular formula is C8H10N2. The molecule has 0 unspecified atom stereocenters. The van der Waals surface area contributed by atoms with E-state index in [4.69, 9.17) is 0 Å². The average molecular weight is 134 g/mol. The van der Waals surface area contributed by atoms with Crippen molar-refractivity contribution < 1.29 is 0 Å². The molecule has 1 heterocycles. The van der Waals surface area contributed by atoms with Crippen molar-refractivity contribution in [2.24, 2.45) is 0 Å². The Morgan fingerprint density at radius 3 is 3.00 bits per heavy atom. The third kappa shape index (κ3) is 1.35. The van der Waals surface area contributed by atoms with Gasteiger partial charge in [0.15, 0.2) is 0 Å². The van der Waals surface area contributed by atoms with Crippen molar-refractivity contribution in [3.63, 3.8) is 0 Å². The topological polar surface area (TPSA) is 17.8 Å². The predicted molar refractivity (Wildman–Crippen MR) is 42.5 cm³/mol. The van der Waals surface area contributed by atoms with E-state index in [9.17, 15) is 0 Å². The van der Waals surface area contributed by atoms with E-state index in [2.05, 4.69) is 11.6 Å². The van der Waals surface area contributed by atoms with E-state index in [1.165, 1.54) is 0 Å². The zero-order valence-electron chi connectivity index (χ0n) is 5.99. The molecular weight excluding hydrogens is 124 g/mol. The molecule has 0 aliphatic heterocycles. The van der Waals surface area contributed by atoms with Gasteiger partial charge in [-0.3, -0.25) is 0 Å². The van der Waals surface area contributed by atoms with Gasteiger partial charge in [0.1, 0.15) is 5.82 Å². The summed E-state index contributed by atoms with van der Waals surface area (Å²) in [4.78, 5) is 4.05. The second kappa shape index (κ2) is 3.01. The van der Waals surface area contributed by atoms with Crippen LogP contribution in [-0.2, 0) is 0 Å². The molecule has 1 rings (SSSR count). The van der Waals surface area contributed by atoms with Gasteiger partial charge in [-0.1, -0.05) is 12.7 Å². The molecule has 0 fully saturated rings. The van der Waals surface area contributed by atoms with E-state index in [-0.39, 0.29) is 0 Å². The van der Waals surface area contributed by atoms with Crippen molar-refractivity contribution in [1.29, 1.82) is 0 Å². The fourth-order valence-corrected chi connectivity index (χ4v) is 0.699. The van der Waals surface area contributed by atoms with Gasteiger partial charge in [0.2, 0.25) is 0 Å². The zero-order chi connectivity index (χ0) is 7.40. The van der Waals surface area contributed by atoms with Crippen LogP contribution in [0.1, 0.15) is 5.82 Å². The Kier molecular flexibility index (Phi) is 2.05. The smallest absolute Gasteiger partial charge is 0.109 e. The summed E-state index contributed by atoms with van der Waals surface area (Å²) in [5.41, 5.74) is 0. The number of hydrogen-bond donors (Lipinski definition) is 0. The van der Waals surface area contributed by atoms with Crippen LogP contribution in [0.15, 0.2) is 31.1 Å². The third-order valence-corrected chi connectivity index (χ3v) is 1.25.